The highest BCUT2D eigenvalue weighted by Crippen LogP contribution is 2.20. The zero-order valence-corrected chi connectivity index (χ0v) is 17.0. The van der Waals surface area contributed by atoms with Crippen molar-refractivity contribution in [2.75, 3.05) is 36.4 Å². The van der Waals surface area contributed by atoms with Gasteiger partial charge in [0.2, 0.25) is 0 Å². The minimum atomic E-state index is -0.0781. The number of carbonyl (C=O) groups excluding carboxylic acids is 1. The summed E-state index contributed by atoms with van der Waals surface area (Å²) in [6.45, 7) is 4.79. The van der Waals surface area contributed by atoms with Crippen LogP contribution in [-0.2, 0) is 6.54 Å². The molecule has 1 amide bonds. The summed E-state index contributed by atoms with van der Waals surface area (Å²) in [4.78, 5) is 17.4. The van der Waals surface area contributed by atoms with Crippen molar-refractivity contribution in [3.8, 4) is 0 Å². The van der Waals surface area contributed by atoms with Crippen molar-refractivity contribution in [1.82, 2.24) is 4.90 Å². The van der Waals surface area contributed by atoms with E-state index < -0.39 is 0 Å². The van der Waals surface area contributed by atoms with Crippen LogP contribution in [0.25, 0.3) is 0 Å². The number of rotatable bonds is 5. The van der Waals surface area contributed by atoms with Crippen LogP contribution < -0.4 is 10.2 Å². The summed E-state index contributed by atoms with van der Waals surface area (Å²) < 4.78 is 0. The van der Waals surface area contributed by atoms with Crippen molar-refractivity contribution in [2.45, 2.75) is 6.54 Å². The molecule has 0 radical (unpaired) electrons. The monoisotopic (exact) mass is 405 g/mol. The number of nitrogens with zero attached hydrogens (tertiary/aromatic N) is 2. The lowest BCUT2D eigenvalue weighted by Crippen LogP contribution is -2.45. The number of carbonyl (C=O) groups is 1. The highest BCUT2D eigenvalue weighted by atomic mass is 35.5. The molecule has 0 aromatic heterocycles. The van der Waals surface area contributed by atoms with E-state index in [2.05, 4.69) is 33.3 Å². The third kappa shape index (κ3) is 5.17. The minimum absolute atomic E-state index is 0.0781. The van der Waals surface area contributed by atoms with Gasteiger partial charge in [0.1, 0.15) is 0 Å². The summed E-state index contributed by atoms with van der Waals surface area (Å²) in [5.41, 5.74) is 3.87. The Kier molecular flexibility index (Phi) is 6.13. The van der Waals surface area contributed by atoms with E-state index in [1.54, 1.807) is 0 Å². The van der Waals surface area contributed by atoms with Gasteiger partial charge in [-0.05, 0) is 54.1 Å². The molecule has 0 spiro atoms. The van der Waals surface area contributed by atoms with Crippen molar-refractivity contribution in [1.29, 1.82) is 0 Å². The predicted octanol–water partition coefficient (Wildman–Crippen LogP) is 4.91. The highest BCUT2D eigenvalue weighted by molar-refractivity contribution is 6.30. The van der Waals surface area contributed by atoms with Crippen LogP contribution in [0.1, 0.15) is 15.9 Å². The molecular formula is C24H24ClN3O. The number of piperazine rings is 1. The number of nitrogens with one attached hydrogen (secondary N) is 1. The van der Waals surface area contributed by atoms with E-state index in [0.717, 1.165) is 49.0 Å². The Morgan fingerprint density at radius 3 is 2.31 bits per heavy atom. The summed E-state index contributed by atoms with van der Waals surface area (Å²) in [7, 11) is 0. The van der Waals surface area contributed by atoms with Crippen LogP contribution in [0, 0.1) is 0 Å². The third-order valence-corrected chi connectivity index (χ3v) is 5.44. The van der Waals surface area contributed by atoms with E-state index in [1.165, 1.54) is 5.69 Å². The van der Waals surface area contributed by atoms with E-state index >= 15 is 0 Å². The lowest BCUT2D eigenvalue weighted by Gasteiger charge is -2.36. The first-order valence-corrected chi connectivity index (χ1v) is 10.2. The molecule has 1 saturated heterocycles. The van der Waals surface area contributed by atoms with Gasteiger partial charge < -0.3 is 10.2 Å². The predicted molar refractivity (Wildman–Crippen MR) is 120 cm³/mol. The molecule has 0 atom stereocenters. The molecule has 1 aliphatic heterocycles. The number of amides is 1. The van der Waals surface area contributed by atoms with Crippen molar-refractivity contribution in [2.24, 2.45) is 0 Å². The first-order chi connectivity index (χ1) is 14.2. The van der Waals surface area contributed by atoms with Gasteiger partial charge >= 0.3 is 0 Å². The molecule has 0 bridgehead atoms. The average Bonchev–Trinajstić information content (AvgIpc) is 2.76. The van der Waals surface area contributed by atoms with Gasteiger partial charge in [-0.2, -0.15) is 0 Å². The molecule has 4 rings (SSSR count). The first kappa shape index (κ1) is 19.5. The number of halogens is 1. The standard InChI is InChI=1S/C24H24ClN3O/c25-21-9-11-23(12-10-21)28-15-13-27(14-16-28)18-19-5-4-6-20(17-19)24(29)26-22-7-2-1-3-8-22/h1-12,17H,13-16,18H2,(H,26,29). The van der Waals surface area contributed by atoms with Gasteiger partial charge in [0, 0.05) is 54.7 Å². The quantitative estimate of drug-likeness (QED) is 0.654. The lowest BCUT2D eigenvalue weighted by molar-refractivity contribution is 0.102. The second-order valence-electron chi connectivity index (χ2n) is 7.26. The maximum Gasteiger partial charge on any atom is 0.255 e. The Balaban J connectivity index is 1.34. The van der Waals surface area contributed by atoms with Crippen molar-refractivity contribution in [3.05, 3.63) is 95.0 Å². The highest BCUT2D eigenvalue weighted by Gasteiger charge is 2.17. The van der Waals surface area contributed by atoms with Gasteiger partial charge in [-0.25, -0.2) is 0 Å². The molecule has 0 unspecified atom stereocenters. The second kappa shape index (κ2) is 9.12. The fraction of sp³-hybridized carbons (Fsp3) is 0.208. The topological polar surface area (TPSA) is 35.6 Å². The van der Waals surface area contributed by atoms with Gasteiger partial charge in [0.15, 0.2) is 0 Å². The van der Waals surface area contributed by atoms with Crippen molar-refractivity contribution >= 4 is 28.9 Å². The number of para-hydroxylation sites is 1. The average molecular weight is 406 g/mol. The molecule has 1 heterocycles. The van der Waals surface area contributed by atoms with Gasteiger partial charge in [-0.3, -0.25) is 9.69 Å². The Bertz CT molecular complexity index is 951. The van der Waals surface area contributed by atoms with Gasteiger partial charge in [0.05, 0.1) is 0 Å². The first-order valence-electron chi connectivity index (χ1n) is 9.85. The van der Waals surface area contributed by atoms with E-state index in [4.69, 9.17) is 11.6 Å². The Morgan fingerprint density at radius 2 is 1.59 bits per heavy atom. The molecule has 3 aromatic carbocycles. The van der Waals surface area contributed by atoms with Gasteiger partial charge in [-0.1, -0.05) is 41.9 Å². The second-order valence-corrected chi connectivity index (χ2v) is 7.70. The van der Waals surface area contributed by atoms with Crippen LogP contribution >= 0.6 is 11.6 Å². The van der Waals surface area contributed by atoms with Crippen LogP contribution in [0.3, 0.4) is 0 Å². The lowest BCUT2D eigenvalue weighted by atomic mass is 10.1. The van der Waals surface area contributed by atoms with Crippen LogP contribution in [0.4, 0.5) is 11.4 Å². The minimum Gasteiger partial charge on any atom is -0.369 e. The molecule has 4 nitrogen and oxygen atoms in total. The van der Waals surface area contributed by atoms with Crippen LogP contribution in [-0.4, -0.2) is 37.0 Å². The zero-order valence-electron chi connectivity index (χ0n) is 16.2. The molecule has 1 fully saturated rings. The summed E-state index contributed by atoms with van der Waals surface area (Å²) in [6, 6.07) is 25.5. The van der Waals surface area contributed by atoms with E-state index in [-0.39, 0.29) is 5.91 Å². The Labute approximate surface area is 176 Å². The Hall–Kier alpha value is -2.82. The summed E-state index contributed by atoms with van der Waals surface area (Å²) in [5, 5.41) is 3.72. The summed E-state index contributed by atoms with van der Waals surface area (Å²) in [5.74, 6) is -0.0781. The molecule has 1 N–H and O–H groups in total. The van der Waals surface area contributed by atoms with Gasteiger partial charge in [0.25, 0.3) is 5.91 Å². The molecule has 0 aliphatic carbocycles. The van der Waals surface area contributed by atoms with Crippen molar-refractivity contribution < 1.29 is 4.79 Å². The van der Waals surface area contributed by atoms with Crippen LogP contribution in [0.5, 0.6) is 0 Å². The van der Waals surface area contributed by atoms with Crippen molar-refractivity contribution in [3.63, 3.8) is 0 Å². The fourth-order valence-electron chi connectivity index (χ4n) is 3.61. The molecule has 29 heavy (non-hydrogen) atoms. The fourth-order valence-corrected chi connectivity index (χ4v) is 3.74. The number of benzene rings is 3. The summed E-state index contributed by atoms with van der Waals surface area (Å²) in [6.07, 6.45) is 0. The maximum absolute atomic E-state index is 12.5. The van der Waals surface area contributed by atoms with Crippen LogP contribution in [0.15, 0.2) is 78.9 Å². The smallest absolute Gasteiger partial charge is 0.255 e. The molecule has 0 saturated carbocycles. The molecule has 5 heteroatoms. The van der Waals surface area contributed by atoms with Crippen LogP contribution in [0.2, 0.25) is 5.02 Å². The van der Waals surface area contributed by atoms with E-state index in [0.29, 0.717) is 5.56 Å². The summed E-state index contributed by atoms with van der Waals surface area (Å²) >= 11 is 5.99. The normalized spacial score (nSPS) is 14.6. The largest absolute Gasteiger partial charge is 0.369 e. The number of hydrogen-bond acceptors (Lipinski definition) is 3. The SMILES string of the molecule is O=C(Nc1ccccc1)c1cccc(CN2CCN(c3ccc(Cl)cc3)CC2)c1. The van der Waals surface area contributed by atoms with Gasteiger partial charge in [-0.15, -0.1) is 0 Å². The molecule has 148 valence electrons. The zero-order chi connectivity index (χ0) is 20.1. The number of anilines is 2. The molecule has 1 aliphatic rings. The third-order valence-electron chi connectivity index (χ3n) is 5.19. The van der Waals surface area contributed by atoms with E-state index in [9.17, 15) is 4.79 Å². The molecular weight excluding hydrogens is 382 g/mol. The molecule has 3 aromatic rings. The van der Waals surface area contributed by atoms with E-state index in [1.807, 2.05) is 60.7 Å². The maximum atomic E-state index is 12.5. The number of hydrogen-bond donors (Lipinski definition) is 1. The Morgan fingerprint density at radius 1 is 0.862 bits per heavy atom.